The number of ether oxygens (including phenoxy) is 1. The van der Waals surface area contributed by atoms with Crippen molar-refractivity contribution in [2.24, 2.45) is 0 Å². The van der Waals surface area contributed by atoms with Gasteiger partial charge in [0.15, 0.2) is 0 Å². The maximum Gasteiger partial charge on any atom is 0.518 e. The normalized spacial score (nSPS) is 23.3. The molecular formula is C23H28F5N5O4S. The quantitative estimate of drug-likeness (QED) is 0.567. The van der Waals surface area contributed by atoms with E-state index in [2.05, 4.69) is 10.4 Å². The Hall–Kier alpha value is -2.78. The lowest BCUT2D eigenvalue weighted by Crippen LogP contribution is -2.57. The van der Waals surface area contributed by atoms with Gasteiger partial charge in [-0.2, -0.15) is 30.8 Å². The third-order valence-electron chi connectivity index (χ3n) is 6.50. The molecular weight excluding hydrogens is 537 g/mol. The number of hydrogen-bond donors (Lipinski definition) is 1. The number of amides is 1. The molecule has 2 unspecified atom stereocenters. The standard InChI is InChI=1S/C23H28F5N5O4S/c1-22(2,3)37-21(34)29-18-8-15(11-31(4)20(18)16-7-14(24)5-6-17(16)25)32-9-13-10-33(30-19(13)12-32)38(35,36)23(26,27)28/h5-7,10,15,18,20H,8-9,11-12H2,1-4H3,(H,29,34)/t15?,18?,20-/m1/s1. The number of piperidine rings is 1. The average Bonchev–Trinajstić information content (AvgIpc) is 3.33. The van der Waals surface area contributed by atoms with Crippen LogP contribution in [0.15, 0.2) is 24.4 Å². The van der Waals surface area contributed by atoms with Crippen molar-refractivity contribution in [2.45, 2.75) is 69.5 Å². The largest absolute Gasteiger partial charge is 0.518 e. The van der Waals surface area contributed by atoms with Gasteiger partial charge in [0.1, 0.15) is 17.2 Å². The van der Waals surface area contributed by atoms with Crippen LogP contribution in [-0.2, 0) is 27.8 Å². The highest BCUT2D eigenvalue weighted by molar-refractivity contribution is 7.90. The van der Waals surface area contributed by atoms with Gasteiger partial charge in [-0.05, 0) is 52.4 Å². The summed E-state index contributed by atoms with van der Waals surface area (Å²) in [4.78, 5) is 16.3. The third-order valence-corrected chi connectivity index (χ3v) is 7.76. The highest BCUT2D eigenvalue weighted by Crippen LogP contribution is 2.37. The molecule has 1 aromatic heterocycles. The van der Waals surface area contributed by atoms with Gasteiger partial charge >= 0.3 is 21.6 Å². The molecule has 1 saturated heterocycles. The van der Waals surface area contributed by atoms with Crippen molar-refractivity contribution in [1.29, 1.82) is 0 Å². The molecule has 15 heteroatoms. The number of likely N-dealkylation sites (N-methyl/N-ethyl adjacent to an activating group) is 1. The Labute approximate surface area is 216 Å². The molecule has 2 aliphatic rings. The van der Waals surface area contributed by atoms with Crippen LogP contribution in [0.25, 0.3) is 0 Å². The van der Waals surface area contributed by atoms with Crippen molar-refractivity contribution < 1.29 is 39.9 Å². The predicted octanol–water partition coefficient (Wildman–Crippen LogP) is 3.51. The van der Waals surface area contributed by atoms with E-state index in [0.29, 0.717) is 12.1 Å². The van der Waals surface area contributed by atoms with Crippen LogP contribution in [0.4, 0.5) is 26.7 Å². The second kappa shape index (κ2) is 9.75. The second-order valence-electron chi connectivity index (χ2n) is 10.5. The van der Waals surface area contributed by atoms with Gasteiger partial charge in [-0.15, -0.1) is 0 Å². The number of halogens is 5. The monoisotopic (exact) mass is 565 g/mol. The summed E-state index contributed by atoms with van der Waals surface area (Å²) in [5.41, 5.74) is -5.71. The molecule has 4 rings (SSSR count). The van der Waals surface area contributed by atoms with Gasteiger partial charge in [0.25, 0.3) is 0 Å². The number of likely N-dealkylation sites (tertiary alicyclic amines) is 1. The maximum atomic E-state index is 14.8. The SMILES string of the molecule is CN1CC(N2Cc3cn(S(=O)(=O)C(F)(F)F)nc3C2)CC(NC(=O)OC(C)(C)C)[C@H]1c1cc(F)ccc1F. The van der Waals surface area contributed by atoms with Crippen molar-refractivity contribution in [2.75, 3.05) is 13.6 Å². The molecule has 0 bridgehead atoms. The summed E-state index contributed by atoms with van der Waals surface area (Å²) in [6.45, 7) is 5.60. The van der Waals surface area contributed by atoms with Crippen LogP contribution in [0.5, 0.6) is 0 Å². The van der Waals surface area contributed by atoms with Gasteiger partial charge in [0.05, 0.1) is 17.8 Å². The smallest absolute Gasteiger partial charge is 0.444 e. The minimum atomic E-state index is -5.64. The fraction of sp³-hybridized carbons (Fsp3) is 0.565. The van der Waals surface area contributed by atoms with Gasteiger partial charge in [-0.1, -0.05) is 0 Å². The van der Waals surface area contributed by atoms with E-state index in [1.54, 1.807) is 32.7 Å². The fourth-order valence-electron chi connectivity index (χ4n) is 4.95. The highest BCUT2D eigenvalue weighted by atomic mass is 32.2. The van der Waals surface area contributed by atoms with Crippen LogP contribution in [0, 0.1) is 11.6 Å². The Morgan fingerprint density at radius 3 is 2.45 bits per heavy atom. The van der Waals surface area contributed by atoms with Crippen molar-refractivity contribution in [3.05, 3.63) is 52.9 Å². The summed E-state index contributed by atoms with van der Waals surface area (Å²) in [6, 6.07) is 1.36. The van der Waals surface area contributed by atoms with Crippen LogP contribution in [0.3, 0.4) is 0 Å². The Morgan fingerprint density at radius 1 is 1.16 bits per heavy atom. The maximum absolute atomic E-state index is 14.8. The zero-order chi connectivity index (χ0) is 28.2. The van der Waals surface area contributed by atoms with Gasteiger partial charge in [-0.3, -0.25) is 9.80 Å². The van der Waals surface area contributed by atoms with Crippen LogP contribution in [0.1, 0.15) is 50.1 Å². The number of carbonyl (C=O) groups is 1. The molecule has 210 valence electrons. The summed E-state index contributed by atoms with van der Waals surface area (Å²) in [6.07, 6.45) is 0.387. The number of hydrogen-bond acceptors (Lipinski definition) is 7. The number of alkyl carbamates (subject to hydrolysis) is 1. The topological polar surface area (TPSA) is 96.8 Å². The molecule has 0 aliphatic carbocycles. The lowest BCUT2D eigenvalue weighted by molar-refractivity contribution is -0.0450. The molecule has 1 amide bonds. The van der Waals surface area contributed by atoms with Crippen molar-refractivity contribution in [1.82, 2.24) is 24.3 Å². The first kappa shape index (κ1) is 28.2. The van der Waals surface area contributed by atoms with E-state index >= 15 is 0 Å². The van der Waals surface area contributed by atoms with E-state index < -0.39 is 50.9 Å². The molecule has 3 heterocycles. The lowest BCUT2D eigenvalue weighted by atomic mass is 9.87. The molecule has 2 aliphatic heterocycles. The number of nitrogens with zero attached hydrogens (tertiary/aromatic N) is 4. The summed E-state index contributed by atoms with van der Waals surface area (Å²) < 4.78 is 96.3. The minimum Gasteiger partial charge on any atom is -0.444 e. The number of alkyl halides is 3. The number of rotatable bonds is 4. The van der Waals surface area contributed by atoms with E-state index in [9.17, 15) is 35.2 Å². The second-order valence-corrected chi connectivity index (χ2v) is 12.3. The number of carbonyl (C=O) groups excluding carboxylic acids is 1. The van der Waals surface area contributed by atoms with Crippen molar-refractivity contribution >= 4 is 16.1 Å². The van der Waals surface area contributed by atoms with E-state index in [0.717, 1.165) is 24.4 Å². The zero-order valence-corrected chi connectivity index (χ0v) is 21.9. The molecule has 1 N–H and O–H groups in total. The molecule has 3 atom stereocenters. The van der Waals surface area contributed by atoms with Crippen molar-refractivity contribution in [3.8, 4) is 0 Å². The number of nitrogens with one attached hydrogen (secondary N) is 1. The lowest BCUT2D eigenvalue weighted by Gasteiger charge is -2.46. The summed E-state index contributed by atoms with van der Waals surface area (Å²) in [5.74, 6) is -1.28. The molecule has 2 aromatic rings. The van der Waals surface area contributed by atoms with Gasteiger partial charge in [0, 0.05) is 43.0 Å². The minimum absolute atomic E-state index is 0.0579. The Bertz CT molecular complexity index is 1300. The third kappa shape index (κ3) is 5.64. The molecule has 0 spiro atoms. The van der Waals surface area contributed by atoms with E-state index in [-0.39, 0.29) is 40.9 Å². The fourth-order valence-corrected chi connectivity index (χ4v) is 5.63. The molecule has 0 saturated carbocycles. The van der Waals surface area contributed by atoms with Crippen molar-refractivity contribution in [3.63, 3.8) is 0 Å². The first-order valence-electron chi connectivity index (χ1n) is 11.7. The summed E-state index contributed by atoms with van der Waals surface area (Å²) >= 11 is 0. The number of benzene rings is 1. The van der Waals surface area contributed by atoms with E-state index in [4.69, 9.17) is 4.74 Å². The van der Waals surface area contributed by atoms with Gasteiger partial charge in [-0.25, -0.2) is 13.6 Å². The molecule has 9 nitrogen and oxygen atoms in total. The van der Waals surface area contributed by atoms with Crippen LogP contribution < -0.4 is 5.32 Å². The van der Waals surface area contributed by atoms with Crippen LogP contribution in [-0.4, -0.2) is 70.3 Å². The Balaban J connectivity index is 1.57. The molecule has 38 heavy (non-hydrogen) atoms. The van der Waals surface area contributed by atoms with E-state index in [1.165, 1.54) is 0 Å². The highest BCUT2D eigenvalue weighted by Gasteiger charge is 2.49. The number of aromatic nitrogens is 2. The molecule has 0 radical (unpaired) electrons. The Morgan fingerprint density at radius 2 is 1.84 bits per heavy atom. The zero-order valence-electron chi connectivity index (χ0n) is 21.1. The van der Waals surface area contributed by atoms with Gasteiger partial charge in [0.2, 0.25) is 0 Å². The average molecular weight is 566 g/mol. The first-order chi connectivity index (χ1) is 17.5. The number of fused-ring (bicyclic) bond motifs is 1. The van der Waals surface area contributed by atoms with Crippen LogP contribution >= 0.6 is 0 Å². The molecule has 1 fully saturated rings. The summed E-state index contributed by atoms with van der Waals surface area (Å²) in [5, 5.41) is 6.43. The van der Waals surface area contributed by atoms with E-state index in [1.807, 2.05) is 4.90 Å². The molecule has 1 aromatic carbocycles. The first-order valence-corrected chi connectivity index (χ1v) is 13.2. The van der Waals surface area contributed by atoms with Gasteiger partial charge < -0.3 is 10.1 Å². The summed E-state index contributed by atoms with van der Waals surface area (Å²) in [7, 11) is -3.95. The van der Waals surface area contributed by atoms with Crippen LogP contribution in [0.2, 0.25) is 0 Å². The predicted molar refractivity (Wildman–Crippen MR) is 125 cm³/mol. The Kier molecular flexibility index (Phi) is 7.25.